The van der Waals surface area contributed by atoms with Gasteiger partial charge in [0, 0.05) is 16.1 Å². The van der Waals surface area contributed by atoms with Gasteiger partial charge in [0.2, 0.25) is 5.41 Å². The van der Waals surface area contributed by atoms with Crippen LogP contribution in [0.3, 0.4) is 0 Å². The van der Waals surface area contributed by atoms with Crippen LogP contribution in [0.1, 0.15) is 35.6 Å². The van der Waals surface area contributed by atoms with Gasteiger partial charge < -0.3 is 0 Å². The molecule has 27 heavy (non-hydrogen) atoms. The Hall–Kier alpha value is -2.48. The van der Waals surface area contributed by atoms with Crippen molar-refractivity contribution in [1.29, 1.82) is 10.5 Å². The van der Waals surface area contributed by atoms with Crippen molar-refractivity contribution in [3.05, 3.63) is 75.0 Å². The highest BCUT2D eigenvalue weighted by Gasteiger charge is 2.67. The largest absolute Gasteiger partial charge is 0.293 e. The van der Waals surface area contributed by atoms with Gasteiger partial charge in [0.25, 0.3) is 0 Å². The van der Waals surface area contributed by atoms with Crippen molar-refractivity contribution < 1.29 is 9.69 Å². The van der Waals surface area contributed by atoms with Crippen LogP contribution in [-0.4, -0.2) is 11.8 Å². The molecule has 2 aromatic rings. The lowest BCUT2D eigenvalue weighted by atomic mass is 9.68. The minimum Gasteiger partial charge on any atom is -0.293 e. The fraction of sp³-hybridized carbons (Fsp3) is 0.227. The van der Waals surface area contributed by atoms with E-state index in [-0.39, 0.29) is 5.78 Å². The first kappa shape index (κ1) is 17.9. The minimum absolute atomic E-state index is 0.00438. The van der Waals surface area contributed by atoms with Crippen molar-refractivity contribution >= 4 is 34.5 Å². The first-order chi connectivity index (χ1) is 13.0. The molecule has 2 heterocycles. The Balaban J connectivity index is 2.02. The molecule has 0 spiro atoms. The lowest BCUT2D eigenvalue weighted by Gasteiger charge is -2.29. The van der Waals surface area contributed by atoms with E-state index in [1.807, 2.05) is 60.8 Å². The monoisotopic (exact) mass is 466 g/mol. The van der Waals surface area contributed by atoms with Crippen molar-refractivity contribution in [2.75, 3.05) is 0 Å². The van der Waals surface area contributed by atoms with E-state index >= 15 is 0 Å². The normalized spacial score (nSPS) is 27.1. The highest BCUT2D eigenvalue weighted by Crippen LogP contribution is 2.51. The maximum Gasteiger partial charge on any atom is 0.212 e. The summed E-state index contributed by atoms with van der Waals surface area (Å²) in [6.07, 6.45) is 3.95. The second kappa shape index (κ2) is 6.60. The van der Waals surface area contributed by atoms with E-state index in [1.165, 1.54) is 0 Å². The molecule has 2 aromatic carbocycles. The molecule has 2 aliphatic rings. The average Bonchev–Trinajstić information content (AvgIpc) is 2.99. The number of nitriles is 2. The van der Waals surface area contributed by atoms with E-state index < -0.39 is 23.4 Å². The molecule has 0 radical (unpaired) electrons. The summed E-state index contributed by atoms with van der Waals surface area (Å²) in [7, 11) is 0. The van der Waals surface area contributed by atoms with Crippen LogP contribution >= 0.6 is 22.6 Å². The standard InChI is InChI=1S/C22H16IN3O/c1-14(27)20-19(16-6-4-7-17(23)11-16)22(12-24,13-25)21-18-8-3-2-5-15(18)9-10-26(20)21/h2-11,19-21H,1H3/p+1/t19-,20-,21-/m0/s1. The third kappa shape index (κ3) is 2.54. The Labute approximate surface area is 171 Å². The number of Topliss-reactive ketones (excluding diaryl/α,β-unsaturated/α-hetero) is 1. The Bertz CT molecular complexity index is 1030. The number of hydrogen-bond acceptors (Lipinski definition) is 3. The summed E-state index contributed by atoms with van der Waals surface area (Å²) < 4.78 is 1.02. The molecule has 0 aliphatic carbocycles. The summed E-state index contributed by atoms with van der Waals surface area (Å²) in [5.41, 5.74) is 1.51. The molecular weight excluding hydrogens is 449 g/mol. The second-order valence-electron chi connectivity index (χ2n) is 7.11. The van der Waals surface area contributed by atoms with Crippen molar-refractivity contribution in [2.45, 2.75) is 24.9 Å². The number of ketones is 1. The molecule has 5 heteroatoms. The third-order valence-corrected chi connectivity index (χ3v) is 6.42. The van der Waals surface area contributed by atoms with E-state index in [2.05, 4.69) is 34.7 Å². The van der Waals surface area contributed by atoms with Crippen LogP contribution in [0.5, 0.6) is 0 Å². The Kier molecular flexibility index (Phi) is 4.38. The Morgan fingerprint density at radius 1 is 1.15 bits per heavy atom. The molecule has 0 amide bonds. The minimum atomic E-state index is -1.32. The van der Waals surface area contributed by atoms with Crippen molar-refractivity contribution in [3.8, 4) is 12.1 Å². The predicted molar refractivity (Wildman–Crippen MR) is 109 cm³/mol. The highest BCUT2D eigenvalue weighted by atomic mass is 127. The Morgan fingerprint density at radius 3 is 2.56 bits per heavy atom. The number of rotatable bonds is 2. The first-order valence-corrected chi connectivity index (χ1v) is 9.83. The molecule has 132 valence electrons. The van der Waals surface area contributed by atoms with Crippen LogP contribution in [0.25, 0.3) is 6.08 Å². The lowest BCUT2D eigenvalue weighted by Crippen LogP contribution is -3.11. The summed E-state index contributed by atoms with van der Waals surface area (Å²) in [6, 6.07) is 19.5. The molecule has 4 rings (SSSR count). The highest BCUT2D eigenvalue weighted by molar-refractivity contribution is 14.1. The molecular formula is C22H17IN3O+. The molecule has 0 aromatic heterocycles. The summed E-state index contributed by atoms with van der Waals surface area (Å²) in [5, 5.41) is 20.5. The summed E-state index contributed by atoms with van der Waals surface area (Å²) in [6.45, 7) is 1.56. The number of carbonyl (C=O) groups excluding carboxylic acids is 1. The van der Waals surface area contributed by atoms with Gasteiger partial charge in [-0.1, -0.05) is 36.4 Å². The number of nitrogens with one attached hydrogen (secondary N) is 1. The Morgan fingerprint density at radius 2 is 1.89 bits per heavy atom. The van der Waals surface area contributed by atoms with Gasteiger partial charge in [0.15, 0.2) is 17.9 Å². The number of nitrogens with zero attached hydrogens (tertiary/aromatic N) is 2. The number of carbonyl (C=O) groups is 1. The van der Waals surface area contributed by atoms with Gasteiger partial charge >= 0.3 is 0 Å². The fourth-order valence-corrected chi connectivity index (χ4v) is 5.30. The van der Waals surface area contributed by atoms with E-state index in [9.17, 15) is 15.3 Å². The van der Waals surface area contributed by atoms with Gasteiger partial charge in [-0.3, -0.25) is 9.69 Å². The van der Waals surface area contributed by atoms with E-state index in [0.717, 1.165) is 25.2 Å². The first-order valence-electron chi connectivity index (χ1n) is 8.75. The van der Waals surface area contributed by atoms with Crippen LogP contribution in [0, 0.1) is 31.6 Å². The summed E-state index contributed by atoms with van der Waals surface area (Å²) in [4.78, 5) is 13.6. The molecule has 1 fully saturated rings. The van der Waals surface area contributed by atoms with Gasteiger partial charge in [0.1, 0.15) is 0 Å². The molecule has 0 bridgehead atoms. The molecule has 1 saturated heterocycles. The summed E-state index contributed by atoms with van der Waals surface area (Å²) >= 11 is 2.22. The van der Waals surface area contributed by atoms with Crippen LogP contribution in [0.4, 0.5) is 0 Å². The number of benzene rings is 2. The molecule has 0 saturated carbocycles. The van der Waals surface area contributed by atoms with Gasteiger partial charge in [0.05, 0.1) is 24.3 Å². The van der Waals surface area contributed by atoms with Crippen LogP contribution in [0.15, 0.2) is 54.7 Å². The molecule has 4 nitrogen and oxygen atoms in total. The molecule has 1 N–H and O–H groups in total. The van der Waals surface area contributed by atoms with E-state index in [1.54, 1.807) is 6.92 Å². The predicted octanol–water partition coefficient (Wildman–Crippen LogP) is 2.99. The topological polar surface area (TPSA) is 69.1 Å². The van der Waals surface area contributed by atoms with Crippen LogP contribution in [0.2, 0.25) is 0 Å². The maximum atomic E-state index is 12.7. The zero-order valence-corrected chi connectivity index (χ0v) is 16.8. The van der Waals surface area contributed by atoms with E-state index in [0.29, 0.717) is 0 Å². The van der Waals surface area contributed by atoms with Gasteiger partial charge in [-0.05, 0) is 51.9 Å². The van der Waals surface area contributed by atoms with Gasteiger partial charge in [-0.25, -0.2) is 0 Å². The van der Waals surface area contributed by atoms with Crippen molar-refractivity contribution in [3.63, 3.8) is 0 Å². The van der Waals surface area contributed by atoms with Crippen molar-refractivity contribution in [2.24, 2.45) is 5.41 Å². The summed E-state index contributed by atoms with van der Waals surface area (Å²) in [5.74, 6) is -0.495. The second-order valence-corrected chi connectivity index (χ2v) is 8.35. The van der Waals surface area contributed by atoms with Gasteiger partial charge in [-0.2, -0.15) is 10.5 Å². The van der Waals surface area contributed by atoms with Crippen molar-refractivity contribution in [1.82, 2.24) is 0 Å². The van der Waals surface area contributed by atoms with Gasteiger partial charge in [-0.15, -0.1) is 0 Å². The van der Waals surface area contributed by atoms with Crippen LogP contribution in [-0.2, 0) is 4.79 Å². The average molecular weight is 466 g/mol. The number of hydrogen-bond donors (Lipinski definition) is 1. The molecule has 2 aliphatic heterocycles. The number of quaternary nitrogens is 1. The maximum absolute atomic E-state index is 12.7. The third-order valence-electron chi connectivity index (χ3n) is 5.75. The number of halogens is 1. The van der Waals surface area contributed by atoms with Crippen LogP contribution < -0.4 is 4.90 Å². The van der Waals surface area contributed by atoms with E-state index in [4.69, 9.17) is 0 Å². The lowest BCUT2D eigenvalue weighted by molar-refractivity contribution is -0.885. The fourth-order valence-electron chi connectivity index (χ4n) is 4.73. The quantitative estimate of drug-likeness (QED) is 0.693. The molecule has 1 unspecified atom stereocenters. The SMILES string of the molecule is CC(=O)[C@H]1[C@H](c2cccc(I)c2)C(C#N)(C#N)[C@@H]2c3ccccc3C=C[NH+]21. The zero-order valence-electron chi connectivity index (χ0n) is 14.7. The smallest absolute Gasteiger partial charge is 0.212 e. The zero-order chi connectivity index (χ0) is 19.2. The molecule has 4 atom stereocenters. The number of fused-ring (bicyclic) bond motifs is 3.